The summed E-state index contributed by atoms with van der Waals surface area (Å²) in [6.07, 6.45) is 3.98. The molecule has 0 aromatic rings. The van der Waals surface area contributed by atoms with E-state index < -0.39 is 50.0 Å². The fourth-order valence-corrected chi connectivity index (χ4v) is 89.6. The van der Waals surface area contributed by atoms with Crippen molar-refractivity contribution in [3.05, 3.63) is 15.9 Å². The summed E-state index contributed by atoms with van der Waals surface area (Å²) in [5.74, 6) is 5.53. The molecule has 1 aliphatic rings. The average Bonchev–Trinajstić information content (AvgIpc) is 2.57. The van der Waals surface area contributed by atoms with Crippen LogP contribution in [-0.4, -0.2) is 56.7 Å². The van der Waals surface area contributed by atoms with Gasteiger partial charge in [0.2, 0.25) is 0 Å². The molecule has 0 N–H and O–H groups in total. The summed E-state index contributed by atoms with van der Waals surface area (Å²) < 4.78 is 4.29. The van der Waals surface area contributed by atoms with E-state index in [-0.39, 0.29) is 0 Å². The topological polar surface area (TPSA) is 0 Å². The van der Waals surface area contributed by atoms with Gasteiger partial charge in [0.1, 0.15) is 0 Å². The Hall–Kier alpha value is 1.69. The molecule has 0 aromatic heterocycles. The Labute approximate surface area is 152 Å². The van der Waals surface area contributed by atoms with Crippen LogP contribution in [0, 0.1) is 0 Å². The number of hydrogen-bond acceptors (Lipinski definition) is 0. The van der Waals surface area contributed by atoms with Gasteiger partial charge in [0, 0.05) is 0 Å². The maximum absolute atomic E-state index is 2.76. The molecule has 0 aromatic carbocycles. The first-order valence-electron chi connectivity index (χ1n) is 9.33. The molecule has 0 radical (unpaired) electrons. The first-order valence-corrected chi connectivity index (χ1v) is 35.6. The van der Waals surface area contributed by atoms with Crippen LogP contribution in [0.2, 0.25) is 53.8 Å². The zero-order chi connectivity index (χ0) is 17.5. The van der Waals surface area contributed by atoms with E-state index in [0.29, 0.717) is 0 Å². The van der Waals surface area contributed by atoms with Crippen LogP contribution in [-0.2, 0) is 0 Å². The van der Waals surface area contributed by atoms with Gasteiger partial charge < -0.3 is 0 Å². The van der Waals surface area contributed by atoms with Gasteiger partial charge >= 0.3 is 154 Å². The first kappa shape index (κ1) is 21.7. The van der Waals surface area contributed by atoms with E-state index >= 15 is 0 Å². The van der Waals surface area contributed by atoms with Crippen LogP contribution < -0.4 is 0 Å². The van der Waals surface area contributed by atoms with Crippen LogP contribution >= 0.6 is 0 Å². The van der Waals surface area contributed by atoms with Gasteiger partial charge in [-0.2, -0.15) is 0 Å². The van der Waals surface area contributed by atoms with Crippen LogP contribution in [0.4, 0.5) is 0 Å². The van der Waals surface area contributed by atoms with Crippen molar-refractivity contribution in [2.75, 3.05) is 0 Å². The van der Waals surface area contributed by atoms with Crippen molar-refractivity contribution in [3.63, 3.8) is 0 Å². The molecular weight excluding hydrogens is 537 g/mol. The zero-order valence-electron chi connectivity index (χ0n) is 17.2. The molecule has 0 saturated heterocycles. The van der Waals surface area contributed by atoms with Crippen molar-refractivity contribution in [2.45, 2.75) is 81.0 Å². The molecule has 0 spiro atoms. The molecule has 0 fully saturated rings. The second-order valence-electron chi connectivity index (χ2n) is 9.63. The number of allylic oxidation sites excluding steroid dienone is 2. The standard InChI is InChI=1S/C12H21BGe.6CH3.2Sn/c1-6-11-9-14(4,5)10-12(11)13(7-2)8-3;;;;;;;;/h6-8H2,1-5H3;6*1H3;;. The second-order valence-corrected chi connectivity index (χ2v) is 53.1. The molecule has 22 heavy (non-hydrogen) atoms. The Kier molecular flexibility index (Phi) is 7.42. The molecule has 0 unspecified atom stereocenters. The van der Waals surface area contributed by atoms with Gasteiger partial charge in [-0.25, -0.2) is 0 Å². The molecule has 0 saturated carbocycles. The van der Waals surface area contributed by atoms with Crippen molar-refractivity contribution in [3.8, 4) is 0 Å². The molecule has 0 atom stereocenters. The van der Waals surface area contributed by atoms with E-state index in [9.17, 15) is 0 Å². The monoisotopic (exact) mass is 580 g/mol. The maximum atomic E-state index is 2.76. The van der Waals surface area contributed by atoms with Crippen LogP contribution in [0.3, 0.4) is 0 Å². The van der Waals surface area contributed by atoms with Crippen LogP contribution in [0.1, 0.15) is 27.2 Å². The van der Waals surface area contributed by atoms with E-state index in [1.54, 1.807) is 0 Å². The predicted octanol–water partition coefficient (Wildman–Crippen LogP) is 6.62. The van der Waals surface area contributed by atoms with Gasteiger partial charge in [0.15, 0.2) is 0 Å². The predicted molar refractivity (Wildman–Crippen MR) is 115 cm³/mol. The van der Waals surface area contributed by atoms with Crippen LogP contribution in [0.25, 0.3) is 0 Å². The van der Waals surface area contributed by atoms with Crippen LogP contribution in [0.5, 0.6) is 0 Å². The van der Waals surface area contributed by atoms with Gasteiger partial charge in [-0.15, -0.1) is 0 Å². The van der Waals surface area contributed by atoms with E-state index in [0.717, 1.165) is 6.71 Å². The zero-order valence-corrected chi connectivity index (χ0v) is 25.0. The minimum absolute atomic E-state index is 0.844. The fourth-order valence-electron chi connectivity index (χ4n) is 5.37. The Morgan fingerprint density at radius 1 is 0.773 bits per heavy atom. The Bertz CT molecular complexity index is 486. The Morgan fingerprint density at radius 2 is 1.18 bits per heavy atom. The molecule has 1 heterocycles. The molecule has 0 amide bonds. The van der Waals surface area contributed by atoms with Gasteiger partial charge in [0.05, 0.1) is 0 Å². The Morgan fingerprint density at radius 3 is 1.45 bits per heavy atom. The van der Waals surface area contributed by atoms with E-state index in [1.165, 1.54) is 19.1 Å². The van der Waals surface area contributed by atoms with Gasteiger partial charge in [0.25, 0.3) is 0 Å². The molecule has 0 aliphatic carbocycles. The molecule has 126 valence electrons. The van der Waals surface area contributed by atoms with Crippen molar-refractivity contribution in [1.82, 2.24) is 0 Å². The minimum atomic E-state index is -2.06. The normalized spacial score (nSPS) is 19.2. The van der Waals surface area contributed by atoms with Gasteiger partial charge in [-0.05, 0) is 0 Å². The third kappa shape index (κ3) is 4.08. The van der Waals surface area contributed by atoms with E-state index in [4.69, 9.17) is 0 Å². The molecular formula is C18H39BGeSn2. The van der Waals surface area contributed by atoms with Gasteiger partial charge in [-0.1, -0.05) is 0 Å². The van der Waals surface area contributed by atoms with Crippen molar-refractivity contribution in [1.29, 1.82) is 0 Å². The SMILES string of the molecule is CCB(CC)C1=[C]([Sn]([CH3])([CH3])[CH3])[Ge]([CH3])([CH3])[C]([Sn]([CH3])([CH3])[CH3])=C1CC. The van der Waals surface area contributed by atoms with Crippen molar-refractivity contribution >= 4 is 56.7 Å². The number of hydrogen-bond donors (Lipinski definition) is 0. The van der Waals surface area contributed by atoms with E-state index in [2.05, 4.69) is 66.8 Å². The number of rotatable bonds is 6. The molecule has 0 nitrogen and oxygen atoms in total. The fraction of sp³-hybridized carbons (Fsp3) is 0.778. The summed E-state index contributed by atoms with van der Waals surface area (Å²) >= 11 is -6.06. The van der Waals surface area contributed by atoms with E-state index in [1.807, 2.05) is 11.0 Å². The molecule has 0 bridgehead atoms. The van der Waals surface area contributed by atoms with Crippen molar-refractivity contribution < 1.29 is 0 Å². The molecule has 1 rings (SSSR count). The van der Waals surface area contributed by atoms with Crippen LogP contribution in [0.15, 0.2) is 15.9 Å². The average molecular weight is 576 g/mol. The quantitative estimate of drug-likeness (QED) is 0.312. The summed E-state index contributed by atoms with van der Waals surface area (Å²) in [5, 5.41) is 0. The Balaban J connectivity index is 3.79. The summed E-state index contributed by atoms with van der Waals surface area (Å²) in [5.41, 5.74) is 3.85. The second kappa shape index (κ2) is 7.51. The van der Waals surface area contributed by atoms with Crippen molar-refractivity contribution in [2.24, 2.45) is 0 Å². The third-order valence-corrected chi connectivity index (χ3v) is 61.7. The summed E-state index contributed by atoms with van der Waals surface area (Å²) in [4.78, 5) is 16.1. The van der Waals surface area contributed by atoms with Gasteiger partial charge in [-0.3, -0.25) is 0 Å². The summed E-state index contributed by atoms with van der Waals surface area (Å²) in [6, 6.07) is 0. The summed E-state index contributed by atoms with van der Waals surface area (Å²) in [7, 11) is 0. The molecule has 1 aliphatic heterocycles. The third-order valence-electron chi connectivity index (χ3n) is 5.39. The first-order chi connectivity index (χ1) is 9.83. The molecule has 4 heteroatoms. The summed E-state index contributed by atoms with van der Waals surface area (Å²) in [6.45, 7) is 8.12.